The van der Waals surface area contributed by atoms with Gasteiger partial charge >= 0.3 is 5.97 Å². The first-order chi connectivity index (χ1) is 11.5. The summed E-state index contributed by atoms with van der Waals surface area (Å²) in [5.74, 6) is -0.590. The van der Waals surface area contributed by atoms with Crippen LogP contribution in [0.15, 0.2) is 47.3 Å². The van der Waals surface area contributed by atoms with Crippen LogP contribution in [0.4, 0.5) is 10.2 Å². The van der Waals surface area contributed by atoms with Crippen molar-refractivity contribution in [1.29, 1.82) is 0 Å². The molecule has 8 heteroatoms. The number of carbonyl (C=O) groups is 1. The van der Waals surface area contributed by atoms with Gasteiger partial charge in [0.2, 0.25) is 0 Å². The molecule has 3 aromatic rings. The standard InChI is InChI=1S/C16H15FN4O3/c1-16(10-8-18-24-9-10,11-5-3-4-6-12(11)17)19-14-7-13(20-21-14)15(22)23-2/h3-9H,1-2H3,(H2,19,20,21). The minimum absolute atomic E-state index is 0.182. The fourth-order valence-electron chi connectivity index (χ4n) is 2.47. The summed E-state index contributed by atoms with van der Waals surface area (Å²) >= 11 is 0. The zero-order valence-electron chi connectivity index (χ0n) is 13.0. The van der Waals surface area contributed by atoms with Crippen LogP contribution in [0.1, 0.15) is 28.5 Å². The molecule has 2 N–H and O–H groups in total. The number of hydrogen-bond donors (Lipinski definition) is 2. The number of esters is 1. The van der Waals surface area contributed by atoms with Crippen LogP contribution in [-0.2, 0) is 10.3 Å². The van der Waals surface area contributed by atoms with Crippen LogP contribution >= 0.6 is 0 Å². The maximum atomic E-state index is 14.4. The van der Waals surface area contributed by atoms with Gasteiger partial charge in [-0.3, -0.25) is 5.10 Å². The Labute approximate surface area is 136 Å². The van der Waals surface area contributed by atoms with Crippen molar-refractivity contribution >= 4 is 11.8 Å². The van der Waals surface area contributed by atoms with E-state index < -0.39 is 17.3 Å². The number of nitrogens with zero attached hydrogens (tertiary/aromatic N) is 2. The van der Waals surface area contributed by atoms with Gasteiger partial charge in [0.05, 0.1) is 18.8 Å². The number of halogens is 1. The van der Waals surface area contributed by atoms with Crippen LogP contribution in [0, 0.1) is 5.82 Å². The second kappa shape index (κ2) is 6.15. The summed E-state index contributed by atoms with van der Waals surface area (Å²) in [7, 11) is 1.27. The van der Waals surface area contributed by atoms with Crippen molar-refractivity contribution in [2.24, 2.45) is 0 Å². The van der Waals surface area contributed by atoms with E-state index in [9.17, 15) is 9.18 Å². The number of nitrogens with one attached hydrogen (secondary N) is 2. The zero-order valence-corrected chi connectivity index (χ0v) is 13.0. The van der Waals surface area contributed by atoms with Crippen molar-refractivity contribution < 1.29 is 18.4 Å². The van der Waals surface area contributed by atoms with Crippen molar-refractivity contribution in [3.8, 4) is 0 Å². The molecule has 0 bridgehead atoms. The molecule has 7 nitrogen and oxygen atoms in total. The molecule has 0 saturated heterocycles. The van der Waals surface area contributed by atoms with Gasteiger partial charge in [-0.25, -0.2) is 9.18 Å². The number of ether oxygens (including phenoxy) is 1. The molecule has 1 atom stereocenters. The Bertz CT molecular complexity index is 847. The number of methoxy groups -OCH3 is 1. The first-order valence-electron chi connectivity index (χ1n) is 7.11. The largest absolute Gasteiger partial charge is 0.464 e. The van der Waals surface area contributed by atoms with E-state index in [0.717, 1.165) is 0 Å². The van der Waals surface area contributed by atoms with Gasteiger partial charge < -0.3 is 14.6 Å². The lowest BCUT2D eigenvalue weighted by Gasteiger charge is -2.30. The number of rotatable bonds is 5. The van der Waals surface area contributed by atoms with E-state index in [2.05, 4.69) is 25.4 Å². The van der Waals surface area contributed by atoms with E-state index in [0.29, 0.717) is 16.9 Å². The van der Waals surface area contributed by atoms with Crippen LogP contribution < -0.4 is 5.32 Å². The number of carbonyl (C=O) groups excluding carboxylic acids is 1. The number of aromatic amines is 1. The lowest BCUT2D eigenvalue weighted by atomic mass is 9.86. The lowest BCUT2D eigenvalue weighted by Crippen LogP contribution is -2.34. The highest BCUT2D eigenvalue weighted by Gasteiger charge is 2.34. The van der Waals surface area contributed by atoms with Gasteiger partial charge in [0.25, 0.3) is 0 Å². The quantitative estimate of drug-likeness (QED) is 0.699. The van der Waals surface area contributed by atoms with Gasteiger partial charge in [0, 0.05) is 17.2 Å². The molecular formula is C16H15FN4O3. The van der Waals surface area contributed by atoms with Crippen LogP contribution in [0.3, 0.4) is 0 Å². The number of benzene rings is 1. The Morgan fingerprint density at radius 3 is 2.88 bits per heavy atom. The maximum absolute atomic E-state index is 14.4. The first kappa shape index (κ1) is 15.7. The van der Waals surface area contributed by atoms with Crippen molar-refractivity contribution in [1.82, 2.24) is 15.4 Å². The Kier molecular flexibility index (Phi) is 4.03. The molecule has 24 heavy (non-hydrogen) atoms. The van der Waals surface area contributed by atoms with Gasteiger partial charge in [-0.05, 0) is 13.0 Å². The second-order valence-corrected chi connectivity index (χ2v) is 5.30. The van der Waals surface area contributed by atoms with E-state index in [1.54, 1.807) is 25.1 Å². The van der Waals surface area contributed by atoms with Crippen molar-refractivity contribution in [2.75, 3.05) is 12.4 Å². The molecular weight excluding hydrogens is 315 g/mol. The highest BCUT2D eigenvalue weighted by Crippen LogP contribution is 2.34. The Morgan fingerprint density at radius 1 is 1.42 bits per heavy atom. The van der Waals surface area contributed by atoms with E-state index in [1.807, 2.05) is 0 Å². The fourth-order valence-corrected chi connectivity index (χ4v) is 2.47. The molecule has 0 radical (unpaired) electrons. The average Bonchev–Trinajstić information content (AvgIpc) is 3.26. The fraction of sp³-hybridized carbons (Fsp3) is 0.188. The van der Waals surface area contributed by atoms with E-state index in [-0.39, 0.29) is 5.69 Å². The van der Waals surface area contributed by atoms with Crippen molar-refractivity contribution in [2.45, 2.75) is 12.5 Å². The molecule has 0 amide bonds. The predicted molar refractivity (Wildman–Crippen MR) is 82.9 cm³/mol. The molecule has 0 fully saturated rings. The molecule has 0 saturated carbocycles. The first-order valence-corrected chi connectivity index (χ1v) is 7.11. The average molecular weight is 330 g/mol. The van der Waals surface area contributed by atoms with Crippen LogP contribution in [-0.4, -0.2) is 28.4 Å². The summed E-state index contributed by atoms with van der Waals surface area (Å²) in [6, 6.07) is 7.85. The molecule has 0 aliphatic heterocycles. The van der Waals surface area contributed by atoms with Crippen LogP contribution in [0.5, 0.6) is 0 Å². The number of H-pyrrole nitrogens is 1. The highest BCUT2D eigenvalue weighted by atomic mass is 19.1. The Hall–Kier alpha value is -3.16. The van der Waals surface area contributed by atoms with Gasteiger partial charge in [0.1, 0.15) is 23.6 Å². The third-order valence-corrected chi connectivity index (χ3v) is 3.78. The monoisotopic (exact) mass is 330 g/mol. The molecule has 1 aromatic carbocycles. The summed E-state index contributed by atoms with van der Waals surface area (Å²) < 4.78 is 23.9. The third-order valence-electron chi connectivity index (χ3n) is 3.78. The van der Waals surface area contributed by atoms with Gasteiger partial charge in [-0.2, -0.15) is 5.10 Å². The summed E-state index contributed by atoms with van der Waals surface area (Å²) in [5, 5.41) is 13.4. The van der Waals surface area contributed by atoms with E-state index in [4.69, 9.17) is 4.52 Å². The summed E-state index contributed by atoms with van der Waals surface area (Å²) in [5.41, 5.74) is 0.167. The number of hydrogen-bond acceptors (Lipinski definition) is 6. The van der Waals surface area contributed by atoms with Gasteiger partial charge in [0.15, 0.2) is 0 Å². The Balaban J connectivity index is 2.02. The second-order valence-electron chi connectivity index (χ2n) is 5.30. The molecule has 2 aromatic heterocycles. The molecule has 124 valence electrons. The number of aromatic nitrogens is 3. The third kappa shape index (κ3) is 2.73. The molecule has 0 aliphatic carbocycles. The SMILES string of the molecule is COC(=O)c1cc(NC(C)(c2cnoc2)c2ccccc2F)n[nH]1. The normalized spacial score (nSPS) is 13.3. The molecule has 2 heterocycles. The molecule has 0 aliphatic rings. The van der Waals surface area contributed by atoms with Crippen LogP contribution in [0.25, 0.3) is 0 Å². The topological polar surface area (TPSA) is 93.0 Å². The van der Waals surface area contributed by atoms with Crippen LogP contribution in [0.2, 0.25) is 0 Å². The maximum Gasteiger partial charge on any atom is 0.356 e. The molecule has 1 unspecified atom stereocenters. The molecule has 3 rings (SSSR count). The highest BCUT2D eigenvalue weighted by molar-refractivity contribution is 5.88. The van der Waals surface area contributed by atoms with Gasteiger partial charge in [-0.15, -0.1) is 0 Å². The van der Waals surface area contributed by atoms with Crippen molar-refractivity contribution in [3.63, 3.8) is 0 Å². The smallest absolute Gasteiger partial charge is 0.356 e. The minimum Gasteiger partial charge on any atom is -0.464 e. The summed E-state index contributed by atoms with van der Waals surface area (Å²) in [6.07, 6.45) is 2.92. The zero-order chi connectivity index (χ0) is 17.2. The van der Waals surface area contributed by atoms with Crippen molar-refractivity contribution in [3.05, 3.63) is 65.4 Å². The number of anilines is 1. The van der Waals surface area contributed by atoms with E-state index in [1.165, 1.54) is 31.7 Å². The Morgan fingerprint density at radius 2 is 2.21 bits per heavy atom. The minimum atomic E-state index is -1.01. The summed E-state index contributed by atoms with van der Waals surface area (Å²) in [6.45, 7) is 1.77. The predicted octanol–water partition coefficient (Wildman–Crippen LogP) is 2.70. The molecule has 0 spiro atoms. The lowest BCUT2D eigenvalue weighted by molar-refractivity contribution is 0.0594. The van der Waals surface area contributed by atoms with E-state index >= 15 is 0 Å². The summed E-state index contributed by atoms with van der Waals surface area (Å²) in [4.78, 5) is 11.5. The van der Waals surface area contributed by atoms with Gasteiger partial charge in [-0.1, -0.05) is 23.4 Å².